The van der Waals surface area contributed by atoms with E-state index in [1.807, 2.05) is 0 Å². The highest BCUT2D eigenvalue weighted by atomic mass is 32.2. The van der Waals surface area contributed by atoms with E-state index in [0.29, 0.717) is 11.4 Å². The summed E-state index contributed by atoms with van der Waals surface area (Å²) in [5.41, 5.74) is 0.901. The van der Waals surface area contributed by atoms with Gasteiger partial charge in [0.2, 0.25) is 0 Å². The van der Waals surface area contributed by atoms with Crippen molar-refractivity contribution in [3.63, 3.8) is 0 Å². The van der Waals surface area contributed by atoms with Crippen molar-refractivity contribution >= 4 is 49.4 Å². The summed E-state index contributed by atoms with van der Waals surface area (Å²) in [7, 11) is -3.74. The van der Waals surface area contributed by atoms with Crippen LogP contribution in [0, 0.1) is 6.92 Å². The van der Waals surface area contributed by atoms with Crippen molar-refractivity contribution in [1.29, 1.82) is 0 Å². The normalized spacial score (nSPS) is 11.2. The standard InChI is InChI=1S/C14H12N4O4S3/c1-8-11(24-14(20)16-8)12(19)17-9-2-4-10(5-3-9)25(21,22)18-13-15-6-7-23-13/h2-7H,1H3,(H,15,18)(H,16,20)(H,17,19). The van der Waals surface area contributed by atoms with Gasteiger partial charge in [-0.2, -0.15) is 0 Å². The zero-order chi connectivity index (χ0) is 18.0. The quantitative estimate of drug-likeness (QED) is 0.611. The predicted molar refractivity (Wildman–Crippen MR) is 97.0 cm³/mol. The maximum absolute atomic E-state index is 12.2. The lowest BCUT2D eigenvalue weighted by Crippen LogP contribution is -2.14. The molecule has 0 atom stereocenters. The van der Waals surface area contributed by atoms with Crippen molar-refractivity contribution in [1.82, 2.24) is 9.97 Å². The van der Waals surface area contributed by atoms with Gasteiger partial charge in [-0.05, 0) is 31.2 Å². The lowest BCUT2D eigenvalue weighted by molar-refractivity contribution is 0.103. The van der Waals surface area contributed by atoms with Crippen LogP contribution >= 0.6 is 22.7 Å². The average Bonchev–Trinajstić information content (AvgIpc) is 3.16. The lowest BCUT2D eigenvalue weighted by atomic mass is 10.3. The number of benzene rings is 1. The Morgan fingerprint density at radius 2 is 1.96 bits per heavy atom. The molecule has 1 amide bonds. The number of aromatic amines is 1. The highest BCUT2D eigenvalue weighted by molar-refractivity contribution is 7.93. The highest BCUT2D eigenvalue weighted by Crippen LogP contribution is 2.20. The zero-order valence-corrected chi connectivity index (χ0v) is 15.2. The molecule has 0 fully saturated rings. The van der Waals surface area contributed by atoms with Crippen molar-refractivity contribution in [2.24, 2.45) is 0 Å². The van der Waals surface area contributed by atoms with Crippen molar-refractivity contribution < 1.29 is 13.2 Å². The molecule has 0 aliphatic carbocycles. The molecule has 2 aromatic heterocycles. The van der Waals surface area contributed by atoms with Gasteiger partial charge >= 0.3 is 4.87 Å². The second-order valence-corrected chi connectivity index (χ2v) is 8.45. The molecule has 11 heteroatoms. The molecule has 1 aromatic carbocycles. The van der Waals surface area contributed by atoms with E-state index in [9.17, 15) is 18.0 Å². The van der Waals surface area contributed by atoms with Gasteiger partial charge in [0.15, 0.2) is 5.13 Å². The number of hydrogen-bond acceptors (Lipinski definition) is 7. The van der Waals surface area contributed by atoms with E-state index in [4.69, 9.17) is 0 Å². The lowest BCUT2D eigenvalue weighted by Gasteiger charge is -2.07. The van der Waals surface area contributed by atoms with Gasteiger partial charge in [0.25, 0.3) is 15.9 Å². The number of anilines is 2. The number of amides is 1. The fourth-order valence-corrected chi connectivity index (χ4v) is 4.50. The summed E-state index contributed by atoms with van der Waals surface area (Å²) in [5, 5.41) is 4.56. The molecule has 0 saturated carbocycles. The molecule has 3 N–H and O–H groups in total. The fourth-order valence-electron chi connectivity index (χ4n) is 1.97. The molecule has 2 heterocycles. The van der Waals surface area contributed by atoms with Gasteiger partial charge in [0, 0.05) is 23.0 Å². The molecule has 0 aliphatic heterocycles. The summed E-state index contributed by atoms with van der Waals surface area (Å²) in [6, 6.07) is 5.69. The Hall–Kier alpha value is -2.50. The Labute approximate surface area is 150 Å². The summed E-state index contributed by atoms with van der Waals surface area (Å²) in [6.45, 7) is 1.63. The molecule has 25 heavy (non-hydrogen) atoms. The number of nitrogens with one attached hydrogen (secondary N) is 3. The van der Waals surface area contributed by atoms with Gasteiger partial charge in [-0.15, -0.1) is 11.3 Å². The van der Waals surface area contributed by atoms with E-state index in [0.717, 1.165) is 11.3 Å². The summed E-state index contributed by atoms with van der Waals surface area (Å²) >= 11 is 1.99. The number of hydrogen-bond donors (Lipinski definition) is 3. The van der Waals surface area contributed by atoms with Crippen molar-refractivity contribution in [2.75, 3.05) is 10.0 Å². The first-order valence-corrected chi connectivity index (χ1v) is 10.1. The maximum atomic E-state index is 12.2. The van der Waals surface area contributed by atoms with Gasteiger partial charge in [-0.25, -0.2) is 13.4 Å². The van der Waals surface area contributed by atoms with Gasteiger partial charge in [-0.3, -0.25) is 14.3 Å². The second kappa shape index (κ2) is 6.78. The number of carbonyl (C=O) groups is 1. The summed E-state index contributed by atoms with van der Waals surface area (Å²) < 4.78 is 26.8. The molecule has 0 aliphatic rings. The third-order valence-electron chi connectivity index (χ3n) is 3.11. The highest BCUT2D eigenvalue weighted by Gasteiger charge is 2.17. The molecule has 3 rings (SSSR count). The molecule has 0 unspecified atom stereocenters. The average molecular weight is 396 g/mol. The predicted octanol–water partition coefficient (Wildman–Crippen LogP) is 2.25. The van der Waals surface area contributed by atoms with Crippen molar-refractivity contribution in [3.8, 4) is 0 Å². The van der Waals surface area contributed by atoms with Crippen LogP contribution in [0.1, 0.15) is 15.4 Å². The van der Waals surface area contributed by atoms with Gasteiger partial charge < -0.3 is 10.3 Å². The molecular weight excluding hydrogens is 384 g/mol. The molecular formula is C14H12N4O4S3. The van der Waals surface area contributed by atoms with Crippen LogP contribution in [0.5, 0.6) is 0 Å². The van der Waals surface area contributed by atoms with Crippen LogP contribution in [0.4, 0.5) is 10.8 Å². The topological polar surface area (TPSA) is 121 Å². The SMILES string of the molecule is Cc1[nH]c(=O)sc1C(=O)Nc1ccc(S(=O)(=O)Nc2nccs2)cc1. The van der Waals surface area contributed by atoms with Crippen LogP contribution in [-0.4, -0.2) is 24.3 Å². The van der Waals surface area contributed by atoms with Crippen LogP contribution < -0.4 is 14.9 Å². The van der Waals surface area contributed by atoms with E-state index in [1.165, 1.54) is 41.8 Å². The van der Waals surface area contributed by atoms with Gasteiger partial charge in [0.1, 0.15) is 4.88 Å². The Bertz CT molecular complexity index is 1050. The van der Waals surface area contributed by atoms with Crippen LogP contribution in [0.25, 0.3) is 0 Å². The molecule has 0 spiro atoms. The van der Waals surface area contributed by atoms with Gasteiger partial charge in [0.05, 0.1) is 4.90 Å². The number of nitrogens with zero attached hydrogens (tertiary/aromatic N) is 1. The van der Waals surface area contributed by atoms with Crippen molar-refractivity contribution in [3.05, 3.63) is 56.1 Å². The molecule has 0 saturated heterocycles. The Morgan fingerprint density at radius 3 is 2.52 bits per heavy atom. The first-order valence-electron chi connectivity index (χ1n) is 6.88. The summed E-state index contributed by atoms with van der Waals surface area (Å²) in [6.07, 6.45) is 1.50. The fraction of sp³-hybridized carbons (Fsp3) is 0.0714. The summed E-state index contributed by atoms with van der Waals surface area (Å²) in [5.74, 6) is -0.433. The molecule has 0 radical (unpaired) electrons. The minimum absolute atomic E-state index is 0.0446. The number of aryl methyl sites for hydroxylation is 1. The Morgan fingerprint density at radius 1 is 1.24 bits per heavy atom. The minimum Gasteiger partial charge on any atom is -0.321 e. The van der Waals surface area contributed by atoms with Crippen molar-refractivity contribution in [2.45, 2.75) is 11.8 Å². The van der Waals surface area contributed by atoms with E-state index in [1.54, 1.807) is 12.3 Å². The number of sulfonamides is 1. The Kier molecular flexibility index (Phi) is 4.70. The summed E-state index contributed by atoms with van der Waals surface area (Å²) in [4.78, 5) is 29.8. The monoisotopic (exact) mass is 396 g/mol. The largest absolute Gasteiger partial charge is 0.321 e. The smallest absolute Gasteiger partial charge is 0.305 e. The van der Waals surface area contributed by atoms with Gasteiger partial charge in [-0.1, -0.05) is 11.3 Å². The molecule has 130 valence electrons. The van der Waals surface area contributed by atoms with E-state index < -0.39 is 15.9 Å². The number of H-pyrrole nitrogens is 1. The van der Waals surface area contributed by atoms with Crippen LogP contribution in [0.2, 0.25) is 0 Å². The van der Waals surface area contributed by atoms with Crippen LogP contribution in [0.15, 0.2) is 45.5 Å². The number of carbonyl (C=O) groups excluding carboxylic acids is 1. The first kappa shape index (κ1) is 17.3. The minimum atomic E-state index is -3.74. The number of aromatic nitrogens is 2. The third kappa shape index (κ3) is 3.95. The number of thiazole rings is 2. The third-order valence-corrected chi connectivity index (χ3v) is 6.26. The van der Waals surface area contributed by atoms with E-state index in [-0.39, 0.29) is 19.8 Å². The molecule has 0 bridgehead atoms. The number of rotatable bonds is 5. The zero-order valence-electron chi connectivity index (χ0n) is 12.8. The molecule has 8 nitrogen and oxygen atoms in total. The van der Waals surface area contributed by atoms with Crippen LogP contribution in [-0.2, 0) is 10.0 Å². The molecule has 3 aromatic rings. The first-order chi connectivity index (χ1) is 11.8. The van der Waals surface area contributed by atoms with Crippen LogP contribution in [0.3, 0.4) is 0 Å². The maximum Gasteiger partial charge on any atom is 0.305 e. The van der Waals surface area contributed by atoms with E-state index >= 15 is 0 Å². The second-order valence-electron chi connectivity index (χ2n) is 4.89. The Balaban J connectivity index is 1.75. The van der Waals surface area contributed by atoms with E-state index in [2.05, 4.69) is 20.0 Å².